The van der Waals surface area contributed by atoms with E-state index in [2.05, 4.69) is 5.32 Å². The molecule has 1 saturated carbocycles. The first-order chi connectivity index (χ1) is 9.56. The van der Waals surface area contributed by atoms with Crippen LogP contribution in [-0.4, -0.2) is 29.8 Å². The third-order valence-corrected chi connectivity index (χ3v) is 3.77. The molecule has 1 fully saturated rings. The Kier molecular flexibility index (Phi) is 5.01. The topological polar surface area (TPSA) is 58.6 Å². The van der Waals surface area contributed by atoms with E-state index in [-0.39, 0.29) is 18.6 Å². The summed E-state index contributed by atoms with van der Waals surface area (Å²) in [4.78, 5) is 11.9. The summed E-state index contributed by atoms with van der Waals surface area (Å²) in [5.74, 6) is 0.561. The second-order valence-corrected chi connectivity index (χ2v) is 5.58. The number of ether oxygens (including phenoxy) is 1. The molecule has 0 saturated heterocycles. The fourth-order valence-electron chi connectivity index (χ4n) is 2.63. The Hall–Kier alpha value is -1.55. The first kappa shape index (κ1) is 14.9. The zero-order valence-corrected chi connectivity index (χ0v) is 12.2. The van der Waals surface area contributed by atoms with Crippen LogP contribution in [-0.2, 0) is 4.79 Å². The summed E-state index contributed by atoms with van der Waals surface area (Å²) in [6.45, 7) is 3.98. The van der Waals surface area contributed by atoms with Gasteiger partial charge < -0.3 is 15.2 Å². The fraction of sp³-hybridized carbons (Fsp3) is 0.562. The zero-order valence-electron chi connectivity index (χ0n) is 12.2. The molecule has 0 aromatic heterocycles. The van der Waals surface area contributed by atoms with E-state index >= 15 is 0 Å². The Morgan fingerprint density at radius 3 is 2.80 bits per heavy atom. The van der Waals surface area contributed by atoms with E-state index in [1.54, 1.807) is 0 Å². The summed E-state index contributed by atoms with van der Waals surface area (Å²) in [5, 5.41) is 12.7. The average molecular weight is 277 g/mol. The number of carbonyl (C=O) groups excluding carboxylic acids is 1. The van der Waals surface area contributed by atoms with E-state index in [0.29, 0.717) is 0 Å². The Labute approximate surface area is 120 Å². The molecule has 2 atom stereocenters. The average Bonchev–Trinajstić information content (AvgIpc) is 2.40. The van der Waals surface area contributed by atoms with Crippen LogP contribution < -0.4 is 10.1 Å². The number of aliphatic hydroxyl groups excluding tert-OH is 1. The van der Waals surface area contributed by atoms with E-state index < -0.39 is 6.10 Å². The van der Waals surface area contributed by atoms with Crippen molar-refractivity contribution in [3.63, 3.8) is 0 Å². The van der Waals surface area contributed by atoms with Gasteiger partial charge in [-0.1, -0.05) is 30.5 Å². The molecule has 0 radical (unpaired) electrons. The molecule has 0 spiro atoms. The molecule has 0 aliphatic heterocycles. The molecule has 0 unspecified atom stereocenters. The highest BCUT2D eigenvalue weighted by molar-refractivity contribution is 5.78. The molecule has 0 heterocycles. The van der Waals surface area contributed by atoms with Gasteiger partial charge in [-0.05, 0) is 38.3 Å². The van der Waals surface area contributed by atoms with Crippen molar-refractivity contribution in [1.29, 1.82) is 0 Å². The molecule has 1 aromatic carbocycles. The number of rotatable bonds is 4. The lowest BCUT2D eigenvalue weighted by atomic mass is 9.92. The van der Waals surface area contributed by atoms with Crippen molar-refractivity contribution in [1.82, 2.24) is 5.32 Å². The minimum atomic E-state index is -0.422. The van der Waals surface area contributed by atoms with Crippen LogP contribution in [0.2, 0.25) is 0 Å². The number of benzene rings is 1. The van der Waals surface area contributed by atoms with Crippen LogP contribution in [0.15, 0.2) is 18.2 Å². The van der Waals surface area contributed by atoms with Crippen molar-refractivity contribution >= 4 is 5.91 Å². The summed E-state index contributed by atoms with van der Waals surface area (Å²) in [6.07, 6.45) is 3.28. The first-order valence-corrected chi connectivity index (χ1v) is 7.24. The maximum Gasteiger partial charge on any atom is 0.258 e. The number of nitrogens with one attached hydrogen (secondary N) is 1. The highest BCUT2D eigenvalue weighted by atomic mass is 16.5. The lowest BCUT2D eigenvalue weighted by Gasteiger charge is -2.28. The van der Waals surface area contributed by atoms with E-state index in [1.165, 1.54) is 5.56 Å². The van der Waals surface area contributed by atoms with Gasteiger partial charge in [-0.15, -0.1) is 0 Å². The van der Waals surface area contributed by atoms with Gasteiger partial charge in [0.1, 0.15) is 5.75 Å². The molecular formula is C16H23NO3. The van der Waals surface area contributed by atoms with Crippen molar-refractivity contribution in [3.8, 4) is 5.75 Å². The SMILES string of the molecule is Cc1ccc(OCC(=O)N[C@@H]2CCCC[C@H]2O)c(C)c1. The summed E-state index contributed by atoms with van der Waals surface area (Å²) in [7, 11) is 0. The normalized spacial score (nSPS) is 22.4. The number of carbonyl (C=O) groups is 1. The van der Waals surface area contributed by atoms with E-state index in [1.807, 2.05) is 32.0 Å². The third-order valence-electron chi connectivity index (χ3n) is 3.77. The summed E-state index contributed by atoms with van der Waals surface area (Å²) < 4.78 is 5.54. The number of aryl methyl sites for hydroxylation is 2. The number of hydrogen-bond acceptors (Lipinski definition) is 3. The predicted octanol–water partition coefficient (Wildman–Crippen LogP) is 2.10. The van der Waals surface area contributed by atoms with Gasteiger partial charge >= 0.3 is 0 Å². The summed E-state index contributed by atoms with van der Waals surface area (Å²) in [5.41, 5.74) is 2.19. The van der Waals surface area contributed by atoms with Crippen LogP contribution >= 0.6 is 0 Å². The van der Waals surface area contributed by atoms with Gasteiger partial charge in [0, 0.05) is 0 Å². The minimum absolute atomic E-state index is 0.00682. The Balaban J connectivity index is 1.82. The molecule has 4 heteroatoms. The standard InChI is InChI=1S/C16H23NO3/c1-11-7-8-15(12(2)9-11)20-10-16(19)17-13-5-3-4-6-14(13)18/h7-9,13-14,18H,3-6,10H2,1-2H3,(H,17,19)/t13-,14-/m1/s1. The molecule has 1 aliphatic carbocycles. The minimum Gasteiger partial charge on any atom is -0.484 e. The monoisotopic (exact) mass is 277 g/mol. The van der Waals surface area contributed by atoms with Crippen LogP contribution in [0.4, 0.5) is 0 Å². The van der Waals surface area contributed by atoms with E-state index in [4.69, 9.17) is 4.74 Å². The Bertz CT molecular complexity index is 473. The molecule has 20 heavy (non-hydrogen) atoms. The highest BCUT2D eigenvalue weighted by Gasteiger charge is 2.24. The lowest BCUT2D eigenvalue weighted by molar-refractivity contribution is -0.125. The van der Waals surface area contributed by atoms with Crippen LogP contribution in [0.1, 0.15) is 36.8 Å². The molecule has 4 nitrogen and oxygen atoms in total. The molecule has 1 aromatic rings. The number of hydrogen-bond donors (Lipinski definition) is 2. The number of amides is 1. The quantitative estimate of drug-likeness (QED) is 0.886. The van der Waals surface area contributed by atoms with Gasteiger partial charge in [-0.3, -0.25) is 4.79 Å². The van der Waals surface area contributed by atoms with Crippen molar-refractivity contribution < 1.29 is 14.6 Å². The molecule has 2 N–H and O–H groups in total. The highest BCUT2D eigenvalue weighted by Crippen LogP contribution is 2.19. The Morgan fingerprint density at radius 2 is 2.10 bits per heavy atom. The smallest absolute Gasteiger partial charge is 0.258 e. The van der Waals surface area contributed by atoms with E-state index in [9.17, 15) is 9.90 Å². The zero-order chi connectivity index (χ0) is 14.5. The van der Waals surface area contributed by atoms with Crippen LogP contribution in [0.5, 0.6) is 5.75 Å². The third kappa shape index (κ3) is 3.97. The molecule has 1 aliphatic rings. The largest absolute Gasteiger partial charge is 0.484 e. The first-order valence-electron chi connectivity index (χ1n) is 7.24. The van der Waals surface area contributed by atoms with Crippen molar-refractivity contribution in [2.24, 2.45) is 0 Å². The van der Waals surface area contributed by atoms with Gasteiger partial charge in [-0.2, -0.15) is 0 Å². The molecule has 110 valence electrons. The Morgan fingerprint density at radius 1 is 1.35 bits per heavy atom. The van der Waals surface area contributed by atoms with Crippen LogP contribution in [0, 0.1) is 13.8 Å². The predicted molar refractivity (Wildman–Crippen MR) is 77.8 cm³/mol. The summed E-state index contributed by atoms with van der Waals surface area (Å²) in [6, 6.07) is 5.75. The molecular weight excluding hydrogens is 254 g/mol. The molecule has 2 rings (SSSR count). The van der Waals surface area contributed by atoms with Gasteiger partial charge in [0.2, 0.25) is 0 Å². The van der Waals surface area contributed by atoms with Crippen LogP contribution in [0.25, 0.3) is 0 Å². The van der Waals surface area contributed by atoms with E-state index in [0.717, 1.165) is 37.0 Å². The maximum atomic E-state index is 11.9. The van der Waals surface area contributed by atoms with Gasteiger partial charge in [0.05, 0.1) is 12.1 Å². The van der Waals surface area contributed by atoms with Gasteiger partial charge in [-0.25, -0.2) is 0 Å². The van der Waals surface area contributed by atoms with Crippen molar-refractivity contribution in [2.45, 2.75) is 51.7 Å². The lowest BCUT2D eigenvalue weighted by Crippen LogP contribution is -2.46. The maximum absolute atomic E-state index is 11.9. The number of aliphatic hydroxyl groups is 1. The van der Waals surface area contributed by atoms with Crippen LogP contribution in [0.3, 0.4) is 0 Å². The van der Waals surface area contributed by atoms with Crippen molar-refractivity contribution in [2.75, 3.05) is 6.61 Å². The second-order valence-electron chi connectivity index (χ2n) is 5.58. The summed E-state index contributed by atoms with van der Waals surface area (Å²) >= 11 is 0. The molecule has 1 amide bonds. The molecule has 0 bridgehead atoms. The van der Waals surface area contributed by atoms with Gasteiger partial charge in [0.25, 0.3) is 5.91 Å². The second kappa shape index (κ2) is 6.75. The van der Waals surface area contributed by atoms with Crippen molar-refractivity contribution in [3.05, 3.63) is 29.3 Å². The fourth-order valence-corrected chi connectivity index (χ4v) is 2.63. The van der Waals surface area contributed by atoms with Gasteiger partial charge in [0.15, 0.2) is 6.61 Å².